The maximum atomic E-state index is 9.74. The first-order valence-electron chi connectivity index (χ1n) is 6.17. The number of aliphatic hydroxyl groups is 1. The fraction of sp³-hybridized carbons (Fsp3) is 0.250. The lowest BCUT2D eigenvalue weighted by Gasteiger charge is -2.09. The molecule has 0 bridgehead atoms. The van der Waals surface area contributed by atoms with E-state index in [2.05, 4.69) is 0 Å². The van der Waals surface area contributed by atoms with E-state index >= 15 is 0 Å². The highest BCUT2D eigenvalue weighted by Crippen LogP contribution is 2.24. The van der Waals surface area contributed by atoms with Gasteiger partial charge < -0.3 is 9.84 Å². The van der Waals surface area contributed by atoms with Crippen LogP contribution in [-0.2, 0) is 0 Å². The predicted molar refractivity (Wildman–Crippen MR) is 73.7 cm³/mol. The van der Waals surface area contributed by atoms with Crippen LogP contribution in [0.25, 0.3) is 11.1 Å². The molecule has 0 radical (unpaired) electrons. The van der Waals surface area contributed by atoms with Gasteiger partial charge in [-0.25, -0.2) is 0 Å². The molecule has 0 saturated carbocycles. The Balaban J connectivity index is 2.22. The summed E-state index contributed by atoms with van der Waals surface area (Å²) in [7, 11) is 1.66. The Morgan fingerprint density at radius 2 is 1.44 bits per heavy atom. The van der Waals surface area contributed by atoms with Crippen molar-refractivity contribution in [3.63, 3.8) is 0 Å². The molecule has 0 amide bonds. The molecule has 0 aliphatic carbocycles. The molecule has 2 rings (SSSR count). The molecule has 1 atom stereocenters. The summed E-state index contributed by atoms with van der Waals surface area (Å²) in [6.07, 6.45) is 0.372. The first kappa shape index (κ1) is 12.7. The van der Waals surface area contributed by atoms with Gasteiger partial charge in [0.15, 0.2) is 0 Å². The summed E-state index contributed by atoms with van der Waals surface area (Å²) in [5.41, 5.74) is 3.26. The van der Waals surface area contributed by atoms with E-state index in [9.17, 15) is 5.11 Å². The van der Waals surface area contributed by atoms with Crippen LogP contribution in [0, 0.1) is 0 Å². The number of benzene rings is 2. The zero-order chi connectivity index (χ0) is 13.0. The molecule has 1 unspecified atom stereocenters. The van der Waals surface area contributed by atoms with Gasteiger partial charge in [0.05, 0.1) is 13.2 Å². The lowest BCUT2D eigenvalue weighted by Crippen LogP contribution is -1.94. The van der Waals surface area contributed by atoms with Crippen LogP contribution in [0.2, 0.25) is 0 Å². The number of ether oxygens (including phenoxy) is 1. The second-order valence-corrected chi connectivity index (χ2v) is 4.27. The Kier molecular flexibility index (Phi) is 4.00. The highest BCUT2D eigenvalue weighted by Gasteiger charge is 2.04. The lowest BCUT2D eigenvalue weighted by atomic mass is 10.0. The first-order valence-corrected chi connectivity index (χ1v) is 6.17. The van der Waals surface area contributed by atoms with E-state index < -0.39 is 0 Å². The third-order valence-corrected chi connectivity index (χ3v) is 3.11. The minimum absolute atomic E-state index is 0.366. The van der Waals surface area contributed by atoms with Gasteiger partial charge >= 0.3 is 0 Å². The van der Waals surface area contributed by atoms with Crippen molar-refractivity contribution in [3.8, 4) is 16.9 Å². The van der Waals surface area contributed by atoms with Crippen molar-refractivity contribution in [1.82, 2.24) is 0 Å². The fourth-order valence-corrected chi connectivity index (χ4v) is 1.92. The summed E-state index contributed by atoms with van der Waals surface area (Å²) in [6, 6.07) is 16.0. The molecular weight excluding hydrogens is 224 g/mol. The Hall–Kier alpha value is -1.80. The normalized spacial score (nSPS) is 12.2. The Labute approximate surface area is 108 Å². The molecule has 0 aliphatic heterocycles. The van der Waals surface area contributed by atoms with E-state index in [4.69, 9.17) is 4.74 Å². The number of methoxy groups -OCH3 is 1. The topological polar surface area (TPSA) is 29.5 Å². The molecule has 2 aromatic rings. The molecule has 0 aromatic heterocycles. The molecule has 94 valence electrons. The third kappa shape index (κ3) is 2.71. The molecule has 1 N–H and O–H groups in total. The number of aliphatic hydroxyl groups excluding tert-OH is 1. The maximum absolute atomic E-state index is 9.74. The van der Waals surface area contributed by atoms with E-state index in [1.165, 1.54) is 0 Å². The zero-order valence-electron chi connectivity index (χ0n) is 10.8. The quantitative estimate of drug-likeness (QED) is 0.883. The monoisotopic (exact) mass is 242 g/mol. The van der Waals surface area contributed by atoms with Crippen LogP contribution in [0.15, 0.2) is 48.5 Å². The minimum atomic E-state index is -0.366. The smallest absolute Gasteiger partial charge is 0.118 e. The highest BCUT2D eigenvalue weighted by molar-refractivity contribution is 5.64. The maximum Gasteiger partial charge on any atom is 0.118 e. The molecule has 2 heteroatoms. The molecule has 0 fully saturated rings. The minimum Gasteiger partial charge on any atom is -0.497 e. The number of hydrogen-bond donors (Lipinski definition) is 1. The van der Waals surface area contributed by atoms with Crippen LogP contribution in [0.4, 0.5) is 0 Å². The van der Waals surface area contributed by atoms with Gasteiger partial charge in [0.2, 0.25) is 0 Å². The van der Waals surface area contributed by atoms with Crippen molar-refractivity contribution in [2.45, 2.75) is 19.4 Å². The van der Waals surface area contributed by atoms with E-state index in [1.54, 1.807) is 7.11 Å². The van der Waals surface area contributed by atoms with Gasteiger partial charge in [-0.1, -0.05) is 43.3 Å². The van der Waals surface area contributed by atoms with Crippen LogP contribution in [0.5, 0.6) is 5.75 Å². The molecule has 2 nitrogen and oxygen atoms in total. The van der Waals surface area contributed by atoms with Crippen molar-refractivity contribution < 1.29 is 9.84 Å². The molecule has 0 saturated heterocycles. The zero-order valence-corrected chi connectivity index (χ0v) is 10.8. The number of rotatable bonds is 4. The van der Waals surface area contributed by atoms with Gasteiger partial charge in [-0.3, -0.25) is 0 Å². The molecule has 0 spiro atoms. The van der Waals surface area contributed by atoms with E-state index in [0.717, 1.165) is 28.9 Å². The molecule has 18 heavy (non-hydrogen) atoms. The first-order chi connectivity index (χ1) is 8.74. The van der Waals surface area contributed by atoms with Crippen molar-refractivity contribution >= 4 is 0 Å². The van der Waals surface area contributed by atoms with Gasteiger partial charge in [-0.05, 0) is 35.2 Å². The summed E-state index contributed by atoms with van der Waals surface area (Å²) in [4.78, 5) is 0. The predicted octanol–water partition coefficient (Wildman–Crippen LogP) is 3.81. The second kappa shape index (κ2) is 5.69. The van der Waals surface area contributed by atoms with Gasteiger partial charge in [0.25, 0.3) is 0 Å². The van der Waals surface area contributed by atoms with Crippen LogP contribution >= 0.6 is 0 Å². The molecule has 0 aliphatic rings. The average molecular weight is 242 g/mol. The lowest BCUT2D eigenvalue weighted by molar-refractivity contribution is 0.173. The van der Waals surface area contributed by atoms with Crippen molar-refractivity contribution in [2.24, 2.45) is 0 Å². The Morgan fingerprint density at radius 1 is 0.944 bits per heavy atom. The van der Waals surface area contributed by atoms with Gasteiger partial charge in [0, 0.05) is 0 Å². The summed E-state index contributed by atoms with van der Waals surface area (Å²) in [5.74, 6) is 0.858. The second-order valence-electron chi connectivity index (χ2n) is 4.27. The van der Waals surface area contributed by atoms with Gasteiger partial charge in [-0.15, -0.1) is 0 Å². The van der Waals surface area contributed by atoms with Crippen molar-refractivity contribution in [2.75, 3.05) is 7.11 Å². The molecular formula is C16H18O2. The number of hydrogen-bond acceptors (Lipinski definition) is 2. The summed E-state index contributed by atoms with van der Waals surface area (Å²) < 4.78 is 5.14. The molecule has 2 aromatic carbocycles. The highest BCUT2D eigenvalue weighted by atomic mass is 16.5. The Bertz CT molecular complexity index is 486. The van der Waals surface area contributed by atoms with E-state index in [-0.39, 0.29) is 6.10 Å². The standard InChI is InChI=1S/C16H18O2/c1-3-16(17)14-6-4-12(5-7-14)13-8-10-15(18-2)11-9-13/h4-11,16-17H,3H2,1-2H3. The SMILES string of the molecule is CCC(O)c1ccc(-c2ccc(OC)cc2)cc1. The Morgan fingerprint density at radius 3 is 1.89 bits per heavy atom. The van der Waals surface area contributed by atoms with E-state index in [1.807, 2.05) is 55.5 Å². The summed E-state index contributed by atoms with van der Waals surface area (Å²) >= 11 is 0. The van der Waals surface area contributed by atoms with E-state index in [0.29, 0.717) is 0 Å². The summed E-state index contributed by atoms with van der Waals surface area (Å²) in [5, 5.41) is 9.74. The van der Waals surface area contributed by atoms with Crippen molar-refractivity contribution in [3.05, 3.63) is 54.1 Å². The summed E-state index contributed by atoms with van der Waals surface area (Å²) in [6.45, 7) is 1.97. The van der Waals surface area contributed by atoms with Crippen molar-refractivity contribution in [1.29, 1.82) is 0 Å². The van der Waals surface area contributed by atoms with Crippen LogP contribution in [0.3, 0.4) is 0 Å². The largest absolute Gasteiger partial charge is 0.497 e. The fourth-order valence-electron chi connectivity index (χ4n) is 1.92. The van der Waals surface area contributed by atoms with Crippen LogP contribution in [-0.4, -0.2) is 12.2 Å². The van der Waals surface area contributed by atoms with Crippen LogP contribution in [0.1, 0.15) is 25.0 Å². The van der Waals surface area contributed by atoms with Gasteiger partial charge in [0.1, 0.15) is 5.75 Å². The average Bonchev–Trinajstić information content (AvgIpc) is 2.47. The molecule has 0 heterocycles. The third-order valence-electron chi connectivity index (χ3n) is 3.11. The van der Waals surface area contributed by atoms with Gasteiger partial charge in [-0.2, -0.15) is 0 Å². The van der Waals surface area contributed by atoms with Crippen LogP contribution < -0.4 is 4.74 Å².